The molecule has 0 fully saturated rings. The summed E-state index contributed by atoms with van der Waals surface area (Å²) in [6, 6.07) is 18.2. The molecule has 0 saturated heterocycles. The number of aromatic nitrogens is 3. The second-order valence-corrected chi connectivity index (χ2v) is 7.09. The van der Waals surface area contributed by atoms with Crippen molar-refractivity contribution in [1.82, 2.24) is 19.7 Å². The van der Waals surface area contributed by atoms with Crippen molar-refractivity contribution in [2.24, 2.45) is 0 Å². The van der Waals surface area contributed by atoms with E-state index in [4.69, 9.17) is 0 Å². The van der Waals surface area contributed by atoms with Crippen LogP contribution >= 0.6 is 11.8 Å². The van der Waals surface area contributed by atoms with E-state index in [1.54, 1.807) is 0 Å². The molecule has 27 heavy (non-hydrogen) atoms. The van der Waals surface area contributed by atoms with Gasteiger partial charge in [-0.25, -0.2) is 0 Å². The Morgan fingerprint density at radius 2 is 1.67 bits per heavy atom. The van der Waals surface area contributed by atoms with Crippen molar-refractivity contribution < 1.29 is 4.79 Å². The van der Waals surface area contributed by atoms with Gasteiger partial charge in [0.1, 0.15) is 0 Å². The molecule has 0 aliphatic rings. The highest BCUT2D eigenvalue weighted by molar-refractivity contribution is 7.99. The number of hydrogen-bond donors (Lipinski definition) is 0. The van der Waals surface area contributed by atoms with Crippen LogP contribution in [0.25, 0.3) is 17.1 Å². The van der Waals surface area contributed by atoms with Crippen LogP contribution in [0.3, 0.4) is 0 Å². The SMILES string of the molecule is CCN(CC)C(=O)CSc1nnc(-c2ccccc2)n1-c1ccccc1C. The number of hydrogen-bond acceptors (Lipinski definition) is 4. The number of carbonyl (C=O) groups is 1. The van der Waals surface area contributed by atoms with Crippen LogP contribution in [0.5, 0.6) is 0 Å². The molecule has 0 bridgehead atoms. The average Bonchev–Trinajstić information content (AvgIpc) is 3.12. The van der Waals surface area contributed by atoms with E-state index in [0.29, 0.717) is 5.75 Å². The third-order valence-electron chi connectivity index (χ3n) is 4.46. The van der Waals surface area contributed by atoms with E-state index in [-0.39, 0.29) is 5.91 Å². The molecule has 0 aliphatic carbocycles. The van der Waals surface area contributed by atoms with Crippen molar-refractivity contribution in [2.45, 2.75) is 25.9 Å². The Hall–Kier alpha value is -2.60. The fourth-order valence-corrected chi connectivity index (χ4v) is 3.81. The highest BCUT2D eigenvalue weighted by Gasteiger charge is 2.19. The van der Waals surface area contributed by atoms with Gasteiger partial charge in [0, 0.05) is 18.7 Å². The standard InChI is InChI=1S/C21H24N4OS/c1-4-24(5-2)19(26)15-27-21-23-22-20(17-12-7-6-8-13-17)25(21)18-14-10-9-11-16(18)3/h6-14H,4-5,15H2,1-3H3. The summed E-state index contributed by atoms with van der Waals surface area (Å²) in [7, 11) is 0. The minimum Gasteiger partial charge on any atom is -0.343 e. The van der Waals surface area contributed by atoms with Gasteiger partial charge in [-0.05, 0) is 32.4 Å². The number of rotatable bonds is 7. The maximum atomic E-state index is 12.4. The Labute approximate surface area is 164 Å². The molecule has 1 aromatic heterocycles. The van der Waals surface area contributed by atoms with Crippen LogP contribution in [0.15, 0.2) is 59.8 Å². The molecule has 3 aromatic rings. The number of amides is 1. The minimum absolute atomic E-state index is 0.116. The second-order valence-electron chi connectivity index (χ2n) is 6.15. The molecular weight excluding hydrogens is 356 g/mol. The fourth-order valence-electron chi connectivity index (χ4n) is 2.96. The Bertz CT molecular complexity index is 904. The Morgan fingerprint density at radius 3 is 2.33 bits per heavy atom. The lowest BCUT2D eigenvalue weighted by molar-refractivity contribution is -0.127. The van der Waals surface area contributed by atoms with Gasteiger partial charge in [0.2, 0.25) is 5.91 Å². The summed E-state index contributed by atoms with van der Waals surface area (Å²) in [5, 5.41) is 9.56. The molecule has 6 heteroatoms. The summed E-state index contributed by atoms with van der Waals surface area (Å²) in [6.07, 6.45) is 0. The quantitative estimate of drug-likeness (QED) is 0.576. The van der Waals surface area contributed by atoms with E-state index >= 15 is 0 Å². The molecule has 140 valence electrons. The number of carbonyl (C=O) groups excluding carboxylic acids is 1. The van der Waals surface area contributed by atoms with Gasteiger partial charge in [-0.2, -0.15) is 0 Å². The first kappa shape index (κ1) is 19.2. The molecule has 1 amide bonds. The van der Waals surface area contributed by atoms with Crippen molar-refractivity contribution in [3.63, 3.8) is 0 Å². The van der Waals surface area contributed by atoms with Gasteiger partial charge in [0.05, 0.1) is 11.4 Å². The lowest BCUT2D eigenvalue weighted by Gasteiger charge is -2.18. The predicted octanol–water partition coefficient (Wildman–Crippen LogP) is 4.20. The molecule has 3 rings (SSSR count). The third-order valence-corrected chi connectivity index (χ3v) is 5.38. The van der Waals surface area contributed by atoms with Crippen LogP contribution in [0.2, 0.25) is 0 Å². The second kappa shape index (κ2) is 8.86. The predicted molar refractivity (Wildman–Crippen MR) is 110 cm³/mol. The van der Waals surface area contributed by atoms with Crippen molar-refractivity contribution >= 4 is 17.7 Å². The van der Waals surface area contributed by atoms with E-state index in [2.05, 4.69) is 29.3 Å². The van der Waals surface area contributed by atoms with Crippen LogP contribution in [-0.4, -0.2) is 44.4 Å². The highest BCUT2D eigenvalue weighted by Crippen LogP contribution is 2.29. The van der Waals surface area contributed by atoms with Crippen molar-refractivity contribution in [2.75, 3.05) is 18.8 Å². The van der Waals surface area contributed by atoms with Gasteiger partial charge in [-0.3, -0.25) is 9.36 Å². The third kappa shape index (κ3) is 4.22. The molecule has 0 unspecified atom stereocenters. The Balaban J connectivity index is 1.99. The van der Waals surface area contributed by atoms with Crippen LogP contribution in [-0.2, 0) is 4.79 Å². The first-order valence-electron chi connectivity index (χ1n) is 9.13. The fraction of sp³-hybridized carbons (Fsp3) is 0.286. The van der Waals surface area contributed by atoms with Crippen molar-refractivity contribution in [1.29, 1.82) is 0 Å². The lowest BCUT2D eigenvalue weighted by atomic mass is 10.1. The van der Waals surface area contributed by atoms with E-state index in [0.717, 1.165) is 40.9 Å². The first-order valence-corrected chi connectivity index (χ1v) is 10.1. The molecule has 5 nitrogen and oxygen atoms in total. The zero-order valence-electron chi connectivity index (χ0n) is 15.9. The van der Waals surface area contributed by atoms with Crippen LogP contribution < -0.4 is 0 Å². The Kier molecular flexibility index (Phi) is 6.29. The van der Waals surface area contributed by atoms with Crippen LogP contribution in [0, 0.1) is 6.92 Å². The minimum atomic E-state index is 0.116. The summed E-state index contributed by atoms with van der Waals surface area (Å²) in [5.41, 5.74) is 3.15. The lowest BCUT2D eigenvalue weighted by Crippen LogP contribution is -2.31. The largest absolute Gasteiger partial charge is 0.343 e. The summed E-state index contributed by atoms with van der Waals surface area (Å²) in [5.74, 6) is 1.24. The topological polar surface area (TPSA) is 51.0 Å². The molecule has 0 saturated carbocycles. The molecule has 0 spiro atoms. The summed E-state index contributed by atoms with van der Waals surface area (Å²) in [6.45, 7) is 7.50. The molecule has 0 radical (unpaired) electrons. The van der Waals surface area contributed by atoms with Crippen molar-refractivity contribution in [3.05, 3.63) is 60.2 Å². The van der Waals surface area contributed by atoms with E-state index in [9.17, 15) is 4.79 Å². The van der Waals surface area contributed by atoms with E-state index in [1.807, 2.05) is 65.8 Å². The van der Waals surface area contributed by atoms with Crippen LogP contribution in [0.4, 0.5) is 0 Å². The normalized spacial score (nSPS) is 10.8. The highest BCUT2D eigenvalue weighted by atomic mass is 32.2. The van der Waals surface area contributed by atoms with Crippen molar-refractivity contribution in [3.8, 4) is 17.1 Å². The number of para-hydroxylation sites is 1. The van der Waals surface area contributed by atoms with Gasteiger partial charge < -0.3 is 4.90 Å². The molecule has 1 heterocycles. The summed E-state index contributed by atoms with van der Waals surface area (Å²) >= 11 is 1.43. The maximum Gasteiger partial charge on any atom is 0.233 e. The number of thioether (sulfide) groups is 1. The molecule has 0 N–H and O–H groups in total. The smallest absolute Gasteiger partial charge is 0.233 e. The molecule has 0 atom stereocenters. The number of nitrogens with zero attached hydrogens (tertiary/aromatic N) is 4. The van der Waals surface area contributed by atoms with E-state index in [1.165, 1.54) is 11.8 Å². The number of aryl methyl sites for hydroxylation is 1. The first-order chi connectivity index (χ1) is 13.2. The zero-order chi connectivity index (χ0) is 19.2. The van der Waals surface area contributed by atoms with E-state index < -0.39 is 0 Å². The van der Waals surface area contributed by atoms with Gasteiger partial charge in [-0.1, -0.05) is 60.3 Å². The maximum absolute atomic E-state index is 12.4. The zero-order valence-corrected chi connectivity index (χ0v) is 16.7. The molecule has 0 aliphatic heterocycles. The molecule has 2 aromatic carbocycles. The molecular formula is C21H24N4OS. The van der Waals surface area contributed by atoms with Gasteiger partial charge in [0.25, 0.3) is 0 Å². The Morgan fingerprint density at radius 1 is 1.00 bits per heavy atom. The van der Waals surface area contributed by atoms with Gasteiger partial charge in [0.15, 0.2) is 11.0 Å². The number of benzene rings is 2. The van der Waals surface area contributed by atoms with Gasteiger partial charge in [-0.15, -0.1) is 10.2 Å². The monoisotopic (exact) mass is 380 g/mol. The summed E-state index contributed by atoms with van der Waals surface area (Å²) < 4.78 is 2.05. The summed E-state index contributed by atoms with van der Waals surface area (Å²) in [4.78, 5) is 14.3. The average molecular weight is 381 g/mol. The van der Waals surface area contributed by atoms with Gasteiger partial charge >= 0.3 is 0 Å². The van der Waals surface area contributed by atoms with Crippen LogP contribution in [0.1, 0.15) is 19.4 Å².